The molecule has 0 unspecified atom stereocenters. The molecule has 178 valence electrons. The number of aliphatic carboxylic acids is 2. The van der Waals surface area contributed by atoms with E-state index in [1.54, 1.807) is 4.90 Å². The van der Waals surface area contributed by atoms with Gasteiger partial charge >= 0.3 is 18.0 Å². The van der Waals surface area contributed by atoms with Gasteiger partial charge in [0.05, 0.1) is 6.61 Å². The van der Waals surface area contributed by atoms with Gasteiger partial charge in [-0.2, -0.15) is 0 Å². The molecule has 10 heteroatoms. The zero-order valence-electron chi connectivity index (χ0n) is 18.7. The molecule has 1 saturated heterocycles. The van der Waals surface area contributed by atoms with Gasteiger partial charge in [-0.15, -0.1) is 0 Å². The van der Waals surface area contributed by atoms with E-state index in [4.69, 9.17) is 24.4 Å². The number of nitrogens with zero attached hydrogens (tertiary/aromatic N) is 2. The number of carboxylic acid groups (broad SMARTS) is 2. The number of fused-ring (bicyclic) bond motifs is 3. The maximum atomic E-state index is 11.8. The first-order valence-corrected chi connectivity index (χ1v) is 10.7. The van der Waals surface area contributed by atoms with E-state index in [0.29, 0.717) is 25.6 Å². The summed E-state index contributed by atoms with van der Waals surface area (Å²) in [5.74, 6) is -0.785. The molecule has 3 aliphatic rings. The fraction of sp³-hybridized carbons (Fsp3) is 0.435. The van der Waals surface area contributed by atoms with Gasteiger partial charge in [0.2, 0.25) is 6.79 Å². The second-order valence-electron chi connectivity index (χ2n) is 7.76. The summed E-state index contributed by atoms with van der Waals surface area (Å²) in [7, 11) is 1.84. The van der Waals surface area contributed by atoms with Crippen molar-refractivity contribution in [1.29, 1.82) is 0 Å². The van der Waals surface area contributed by atoms with Crippen LogP contribution in [-0.4, -0.2) is 84.2 Å². The average Bonchev–Trinajstić information content (AvgIpc) is 3.24. The highest BCUT2D eigenvalue weighted by Crippen LogP contribution is 2.46. The van der Waals surface area contributed by atoms with Crippen molar-refractivity contribution >= 4 is 29.7 Å². The number of benzene rings is 1. The van der Waals surface area contributed by atoms with Crippen molar-refractivity contribution in [2.75, 3.05) is 40.1 Å². The van der Waals surface area contributed by atoms with Crippen LogP contribution in [0, 0.1) is 0 Å². The maximum absolute atomic E-state index is 11.8. The van der Waals surface area contributed by atoms with Crippen LogP contribution < -0.4 is 9.47 Å². The number of piperidine rings is 1. The highest BCUT2D eigenvalue weighted by Gasteiger charge is 2.30. The van der Waals surface area contributed by atoms with Crippen LogP contribution in [0.25, 0.3) is 11.6 Å². The Morgan fingerprint density at radius 3 is 2.42 bits per heavy atom. The SMILES string of the molecule is CCOC(=O)N(C)C1CCN(CC2=Cc3c2ccc2c3OCO2)CC1.O=C(O)/C=C/C(=O)O. The second kappa shape index (κ2) is 10.9. The van der Waals surface area contributed by atoms with Gasteiger partial charge in [0.25, 0.3) is 0 Å². The van der Waals surface area contributed by atoms with Gasteiger partial charge < -0.3 is 29.3 Å². The number of carboxylic acids is 2. The fourth-order valence-corrected chi connectivity index (χ4v) is 3.94. The molecular weight excluding hydrogens is 432 g/mol. The smallest absolute Gasteiger partial charge is 0.409 e. The Hall–Kier alpha value is -3.53. The van der Waals surface area contributed by atoms with Crippen molar-refractivity contribution in [1.82, 2.24) is 9.80 Å². The Kier molecular flexibility index (Phi) is 7.94. The van der Waals surface area contributed by atoms with Crippen molar-refractivity contribution in [3.63, 3.8) is 0 Å². The van der Waals surface area contributed by atoms with E-state index < -0.39 is 11.9 Å². The van der Waals surface area contributed by atoms with Crippen molar-refractivity contribution < 1.29 is 38.8 Å². The Labute approximate surface area is 191 Å². The molecule has 33 heavy (non-hydrogen) atoms. The number of amides is 1. The molecule has 10 nitrogen and oxygen atoms in total. The lowest BCUT2D eigenvalue weighted by atomic mass is 9.86. The maximum Gasteiger partial charge on any atom is 0.409 e. The molecule has 2 N–H and O–H groups in total. The number of carbonyl (C=O) groups is 3. The molecule has 0 atom stereocenters. The predicted molar refractivity (Wildman–Crippen MR) is 119 cm³/mol. The minimum Gasteiger partial charge on any atom is -0.478 e. The summed E-state index contributed by atoms with van der Waals surface area (Å²) >= 11 is 0. The fourth-order valence-electron chi connectivity index (χ4n) is 3.94. The highest BCUT2D eigenvalue weighted by atomic mass is 16.7. The zero-order valence-corrected chi connectivity index (χ0v) is 18.7. The van der Waals surface area contributed by atoms with Gasteiger partial charge in [-0.1, -0.05) is 6.07 Å². The van der Waals surface area contributed by atoms with Crippen LogP contribution in [0.15, 0.2) is 24.3 Å². The molecule has 4 rings (SSSR count). The van der Waals surface area contributed by atoms with Crippen molar-refractivity contribution in [3.05, 3.63) is 35.4 Å². The summed E-state index contributed by atoms with van der Waals surface area (Å²) < 4.78 is 16.1. The van der Waals surface area contributed by atoms with Crippen molar-refractivity contribution in [2.24, 2.45) is 0 Å². The standard InChI is InChI=1S/C19H24N2O4.C4H4O4/c1-3-23-19(22)20(2)14-6-8-21(9-7-14)11-13-10-16-15(13)4-5-17-18(16)25-12-24-17;5-3(6)1-2-4(7)8/h4-5,10,14H,3,6-9,11-12H2,1-2H3;1-2H,(H,5,6)(H,7,8)/b;2-1+. The minimum absolute atomic E-state index is 0.215. The van der Waals surface area contributed by atoms with Crippen LogP contribution in [0.1, 0.15) is 30.9 Å². The molecule has 2 aliphatic heterocycles. The number of likely N-dealkylation sites (tertiary alicyclic amines) is 1. The number of hydrogen-bond donors (Lipinski definition) is 2. The first-order valence-electron chi connectivity index (χ1n) is 10.7. The predicted octanol–water partition coefficient (Wildman–Crippen LogP) is 2.53. The van der Waals surface area contributed by atoms with Gasteiger partial charge in [-0.3, -0.25) is 4.90 Å². The molecular formula is C23H28N2O8. The summed E-state index contributed by atoms with van der Waals surface area (Å²) in [6.07, 6.45) is 5.07. The van der Waals surface area contributed by atoms with Crippen molar-refractivity contribution in [2.45, 2.75) is 25.8 Å². The summed E-state index contributed by atoms with van der Waals surface area (Å²) in [4.78, 5) is 35.2. The summed E-state index contributed by atoms with van der Waals surface area (Å²) in [5.41, 5.74) is 3.79. The molecule has 2 heterocycles. The van der Waals surface area contributed by atoms with Gasteiger partial charge in [0.1, 0.15) is 0 Å². The molecule has 0 radical (unpaired) electrons. The largest absolute Gasteiger partial charge is 0.478 e. The lowest BCUT2D eigenvalue weighted by Gasteiger charge is -2.37. The van der Waals surface area contributed by atoms with Crippen LogP contribution in [0.5, 0.6) is 11.5 Å². The van der Waals surface area contributed by atoms with Crippen LogP contribution in [-0.2, 0) is 14.3 Å². The molecule has 1 aromatic carbocycles. The molecule has 0 bridgehead atoms. The lowest BCUT2D eigenvalue weighted by molar-refractivity contribution is -0.134. The van der Waals surface area contributed by atoms with Crippen LogP contribution >= 0.6 is 0 Å². The lowest BCUT2D eigenvalue weighted by Crippen LogP contribution is -2.46. The first kappa shape index (κ1) is 24.1. The van der Waals surface area contributed by atoms with E-state index >= 15 is 0 Å². The van der Waals surface area contributed by atoms with E-state index in [1.807, 2.05) is 20.0 Å². The Balaban J connectivity index is 0.000000331. The number of hydrogen-bond acceptors (Lipinski definition) is 7. The van der Waals surface area contributed by atoms with Crippen molar-refractivity contribution in [3.8, 4) is 11.5 Å². The number of carbonyl (C=O) groups excluding carboxylic acids is 1. The average molecular weight is 460 g/mol. The van der Waals surface area contributed by atoms with Crippen LogP contribution in [0.2, 0.25) is 0 Å². The van der Waals surface area contributed by atoms with E-state index in [9.17, 15) is 14.4 Å². The summed E-state index contributed by atoms with van der Waals surface area (Å²) in [6, 6.07) is 4.39. The third-order valence-corrected chi connectivity index (χ3v) is 5.67. The quantitative estimate of drug-likeness (QED) is 0.616. The van der Waals surface area contributed by atoms with E-state index in [2.05, 4.69) is 17.0 Å². The Morgan fingerprint density at radius 2 is 1.82 bits per heavy atom. The Morgan fingerprint density at radius 1 is 1.15 bits per heavy atom. The van der Waals surface area contributed by atoms with E-state index in [-0.39, 0.29) is 12.1 Å². The minimum atomic E-state index is -1.26. The third-order valence-electron chi connectivity index (χ3n) is 5.67. The molecule has 1 aromatic rings. The van der Waals surface area contributed by atoms with Crippen LogP contribution in [0.4, 0.5) is 4.79 Å². The highest BCUT2D eigenvalue weighted by molar-refractivity contribution is 5.99. The van der Waals surface area contributed by atoms with Gasteiger partial charge in [0, 0.05) is 50.4 Å². The summed E-state index contributed by atoms with van der Waals surface area (Å²) in [6.45, 7) is 5.51. The summed E-state index contributed by atoms with van der Waals surface area (Å²) in [5, 5.41) is 15.6. The molecule has 1 fully saturated rings. The monoisotopic (exact) mass is 460 g/mol. The Bertz CT molecular complexity index is 947. The van der Waals surface area contributed by atoms with E-state index in [0.717, 1.165) is 44.0 Å². The second-order valence-corrected chi connectivity index (χ2v) is 7.76. The zero-order chi connectivity index (χ0) is 24.0. The number of ether oxygens (including phenoxy) is 3. The van der Waals surface area contributed by atoms with Crippen LogP contribution in [0.3, 0.4) is 0 Å². The first-order chi connectivity index (χ1) is 15.8. The van der Waals surface area contributed by atoms with Gasteiger partial charge in [-0.05, 0) is 43.0 Å². The van der Waals surface area contributed by atoms with E-state index in [1.165, 1.54) is 16.7 Å². The third kappa shape index (κ3) is 6.04. The molecule has 0 saturated carbocycles. The van der Waals surface area contributed by atoms with Gasteiger partial charge in [-0.25, -0.2) is 14.4 Å². The normalized spacial score (nSPS) is 16.7. The van der Waals surface area contributed by atoms with Gasteiger partial charge in [0.15, 0.2) is 11.5 Å². The topological polar surface area (TPSA) is 126 Å². The molecule has 1 amide bonds. The molecule has 0 aromatic heterocycles. The molecule has 0 spiro atoms. The number of rotatable bonds is 6. The molecule has 1 aliphatic carbocycles.